The molecular formula is C12H18ClN3O2. The van der Waals surface area contributed by atoms with Crippen LogP contribution in [0.3, 0.4) is 0 Å². The van der Waals surface area contributed by atoms with Crippen molar-refractivity contribution in [3.05, 3.63) is 29.3 Å². The molecule has 1 rings (SSSR count). The van der Waals surface area contributed by atoms with Crippen LogP contribution >= 0.6 is 12.4 Å². The number of benzene rings is 1. The molecule has 1 aromatic rings. The standard InChI is InChI=1S/C12H17N3O2.ClH/c1-8-9(12(17)14-3)5-4-6-10(8)15-11(16)7-13-2;/h4-6,13H,7H2,1-3H3,(H,14,17)(H,15,16);1H. The van der Waals surface area contributed by atoms with Crippen LogP contribution in [0.1, 0.15) is 15.9 Å². The van der Waals surface area contributed by atoms with Crippen molar-refractivity contribution in [1.82, 2.24) is 10.6 Å². The first-order chi connectivity index (χ1) is 8.10. The topological polar surface area (TPSA) is 70.2 Å². The molecule has 0 atom stereocenters. The Labute approximate surface area is 113 Å². The molecule has 0 aliphatic carbocycles. The Hall–Kier alpha value is -1.59. The number of carbonyl (C=O) groups excluding carboxylic acids is 2. The number of rotatable bonds is 4. The van der Waals surface area contributed by atoms with Gasteiger partial charge in [-0.25, -0.2) is 0 Å². The van der Waals surface area contributed by atoms with Crippen LogP contribution in [0, 0.1) is 6.92 Å². The van der Waals surface area contributed by atoms with E-state index in [4.69, 9.17) is 0 Å². The molecule has 1 aromatic carbocycles. The molecule has 0 saturated heterocycles. The lowest BCUT2D eigenvalue weighted by Gasteiger charge is -2.11. The second kappa shape index (κ2) is 7.68. The van der Waals surface area contributed by atoms with Gasteiger partial charge in [-0.3, -0.25) is 9.59 Å². The summed E-state index contributed by atoms with van der Waals surface area (Å²) in [4.78, 5) is 23.0. The molecule has 0 bridgehead atoms. The van der Waals surface area contributed by atoms with E-state index < -0.39 is 0 Å². The second-order valence-electron chi connectivity index (χ2n) is 3.64. The third kappa shape index (κ3) is 4.01. The summed E-state index contributed by atoms with van der Waals surface area (Å²) in [5.41, 5.74) is 1.98. The Balaban J connectivity index is 0.00000289. The molecule has 2 amide bonds. The van der Waals surface area contributed by atoms with Crippen LogP contribution in [-0.2, 0) is 4.79 Å². The molecule has 5 nitrogen and oxygen atoms in total. The third-order valence-corrected chi connectivity index (χ3v) is 2.42. The maximum atomic E-state index is 11.6. The third-order valence-electron chi connectivity index (χ3n) is 2.42. The van der Waals surface area contributed by atoms with Gasteiger partial charge in [0.25, 0.3) is 5.91 Å². The summed E-state index contributed by atoms with van der Waals surface area (Å²) in [7, 11) is 3.28. The zero-order valence-corrected chi connectivity index (χ0v) is 11.5. The maximum Gasteiger partial charge on any atom is 0.251 e. The Morgan fingerprint density at radius 1 is 1.22 bits per heavy atom. The summed E-state index contributed by atoms with van der Waals surface area (Å²) in [6.07, 6.45) is 0. The van der Waals surface area contributed by atoms with E-state index >= 15 is 0 Å². The fourth-order valence-electron chi connectivity index (χ4n) is 1.51. The van der Waals surface area contributed by atoms with Crippen LogP contribution in [0.5, 0.6) is 0 Å². The zero-order chi connectivity index (χ0) is 12.8. The SMILES string of the molecule is CNCC(=O)Nc1cccc(C(=O)NC)c1C.Cl. The Morgan fingerprint density at radius 3 is 2.44 bits per heavy atom. The van der Waals surface area contributed by atoms with E-state index in [1.165, 1.54) is 0 Å². The van der Waals surface area contributed by atoms with E-state index in [1.54, 1.807) is 39.2 Å². The Bertz CT molecular complexity index is 435. The smallest absolute Gasteiger partial charge is 0.251 e. The van der Waals surface area contributed by atoms with E-state index in [2.05, 4.69) is 16.0 Å². The highest BCUT2D eigenvalue weighted by Gasteiger charge is 2.11. The minimum absolute atomic E-state index is 0. The average molecular weight is 272 g/mol. The van der Waals surface area contributed by atoms with E-state index in [9.17, 15) is 9.59 Å². The van der Waals surface area contributed by atoms with Gasteiger partial charge in [0.15, 0.2) is 0 Å². The number of hydrogen-bond acceptors (Lipinski definition) is 3. The molecule has 3 N–H and O–H groups in total. The Morgan fingerprint density at radius 2 is 1.89 bits per heavy atom. The quantitative estimate of drug-likeness (QED) is 0.763. The van der Waals surface area contributed by atoms with Crippen LogP contribution in [0.15, 0.2) is 18.2 Å². The number of anilines is 1. The highest BCUT2D eigenvalue weighted by atomic mass is 35.5. The molecule has 0 aliphatic rings. The number of likely N-dealkylation sites (N-methyl/N-ethyl adjacent to an activating group) is 1. The molecule has 0 radical (unpaired) electrons. The largest absolute Gasteiger partial charge is 0.355 e. The number of nitrogens with one attached hydrogen (secondary N) is 3. The summed E-state index contributed by atoms with van der Waals surface area (Å²) in [6, 6.07) is 5.24. The number of carbonyl (C=O) groups is 2. The molecule has 6 heteroatoms. The van der Waals surface area contributed by atoms with Gasteiger partial charge in [-0.1, -0.05) is 6.07 Å². The average Bonchev–Trinajstić information content (AvgIpc) is 2.31. The predicted molar refractivity (Wildman–Crippen MR) is 74.4 cm³/mol. The van der Waals surface area contributed by atoms with E-state index in [-0.39, 0.29) is 30.8 Å². The van der Waals surface area contributed by atoms with Gasteiger partial charge in [0.2, 0.25) is 5.91 Å². The van der Waals surface area contributed by atoms with Crippen LogP contribution in [0.2, 0.25) is 0 Å². The fraction of sp³-hybridized carbons (Fsp3) is 0.333. The van der Waals surface area contributed by atoms with Gasteiger partial charge in [0.1, 0.15) is 0 Å². The summed E-state index contributed by atoms with van der Waals surface area (Å²) in [5, 5.41) is 8.08. The van der Waals surface area contributed by atoms with Gasteiger partial charge in [-0.05, 0) is 31.7 Å². The van der Waals surface area contributed by atoms with Gasteiger partial charge in [-0.2, -0.15) is 0 Å². The molecular weight excluding hydrogens is 254 g/mol. The summed E-state index contributed by atoms with van der Waals surface area (Å²) in [6.45, 7) is 2.04. The maximum absolute atomic E-state index is 11.6. The highest BCUT2D eigenvalue weighted by molar-refractivity contribution is 5.99. The lowest BCUT2D eigenvalue weighted by Crippen LogP contribution is -2.26. The van der Waals surface area contributed by atoms with Crippen molar-refractivity contribution in [1.29, 1.82) is 0 Å². The number of amides is 2. The van der Waals surface area contributed by atoms with Crippen LogP contribution < -0.4 is 16.0 Å². The molecule has 18 heavy (non-hydrogen) atoms. The van der Waals surface area contributed by atoms with Gasteiger partial charge >= 0.3 is 0 Å². The van der Waals surface area contributed by atoms with Crippen molar-refractivity contribution < 1.29 is 9.59 Å². The van der Waals surface area contributed by atoms with Crippen molar-refractivity contribution in [2.24, 2.45) is 0 Å². The van der Waals surface area contributed by atoms with Crippen molar-refractivity contribution in [2.75, 3.05) is 26.0 Å². The number of hydrogen-bond donors (Lipinski definition) is 3. The van der Waals surface area contributed by atoms with E-state index in [0.29, 0.717) is 11.3 Å². The van der Waals surface area contributed by atoms with Crippen molar-refractivity contribution >= 4 is 29.9 Å². The molecule has 0 heterocycles. The lowest BCUT2D eigenvalue weighted by atomic mass is 10.1. The fourth-order valence-corrected chi connectivity index (χ4v) is 1.51. The van der Waals surface area contributed by atoms with Crippen LogP contribution in [-0.4, -0.2) is 32.5 Å². The molecule has 0 aliphatic heterocycles. The van der Waals surface area contributed by atoms with Crippen molar-refractivity contribution in [3.63, 3.8) is 0 Å². The summed E-state index contributed by atoms with van der Waals surface area (Å²) >= 11 is 0. The molecule has 100 valence electrons. The first-order valence-corrected chi connectivity index (χ1v) is 5.36. The normalized spacial score (nSPS) is 9.28. The van der Waals surface area contributed by atoms with Crippen LogP contribution in [0.25, 0.3) is 0 Å². The molecule has 0 spiro atoms. The molecule has 0 fully saturated rings. The molecule has 0 aromatic heterocycles. The Kier molecular flexibility index (Phi) is 7.00. The van der Waals surface area contributed by atoms with E-state index in [0.717, 1.165) is 5.56 Å². The van der Waals surface area contributed by atoms with Gasteiger partial charge in [-0.15, -0.1) is 12.4 Å². The lowest BCUT2D eigenvalue weighted by molar-refractivity contribution is -0.115. The molecule has 0 saturated carbocycles. The van der Waals surface area contributed by atoms with Gasteiger partial charge in [0.05, 0.1) is 6.54 Å². The highest BCUT2D eigenvalue weighted by Crippen LogP contribution is 2.18. The van der Waals surface area contributed by atoms with Gasteiger partial charge < -0.3 is 16.0 Å². The summed E-state index contributed by atoms with van der Waals surface area (Å²) in [5.74, 6) is -0.295. The number of halogens is 1. The zero-order valence-electron chi connectivity index (χ0n) is 10.7. The van der Waals surface area contributed by atoms with Crippen molar-refractivity contribution in [3.8, 4) is 0 Å². The first kappa shape index (κ1) is 16.4. The first-order valence-electron chi connectivity index (χ1n) is 5.36. The van der Waals surface area contributed by atoms with Crippen LogP contribution in [0.4, 0.5) is 5.69 Å². The predicted octanol–water partition coefficient (Wildman–Crippen LogP) is 0.934. The van der Waals surface area contributed by atoms with Crippen molar-refractivity contribution in [2.45, 2.75) is 6.92 Å². The minimum Gasteiger partial charge on any atom is -0.355 e. The molecule has 0 unspecified atom stereocenters. The minimum atomic E-state index is -0.160. The second-order valence-corrected chi connectivity index (χ2v) is 3.64. The van der Waals surface area contributed by atoms with E-state index in [1.807, 2.05) is 0 Å². The van der Waals surface area contributed by atoms with Gasteiger partial charge in [0, 0.05) is 18.3 Å². The monoisotopic (exact) mass is 271 g/mol. The summed E-state index contributed by atoms with van der Waals surface area (Å²) < 4.78 is 0.